The number of benzene rings is 1. The van der Waals surface area contributed by atoms with E-state index >= 15 is 0 Å². The maximum absolute atomic E-state index is 14.4. The Kier molecular flexibility index (Phi) is 4.10. The lowest BCUT2D eigenvalue weighted by molar-refractivity contribution is -0.143. The second kappa shape index (κ2) is 5.98. The number of nitrogens with zero attached hydrogens (tertiary/aromatic N) is 2. The van der Waals surface area contributed by atoms with Gasteiger partial charge in [0.05, 0.1) is 0 Å². The average molecular weight is 345 g/mol. The molecule has 0 saturated carbocycles. The molecular weight excluding hydrogens is 325 g/mol. The number of nitrogens with one attached hydrogen (secondary N) is 1. The lowest BCUT2D eigenvalue weighted by atomic mass is 10.1. The summed E-state index contributed by atoms with van der Waals surface area (Å²) in [4.78, 5) is 23.8. The molecule has 1 aliphatic rings. The minimum Gasteiger partial charge on any atom is -0.480 e. The highest BCUT2D eigenvalue weighted by molar-refractivity contribution is 5.97. The molecule has 25 heavy (non-hydrogen) atoms. The molecule has 1 amide bonds. The first-order valence-corrected chi connectivity index (χ1v) is 8.14. The van der Waals surface area contributed by atoms with Gasteiger partial charge in [-0.2, -0.15) is 5.10 Å². The van der Waals surface area contributed by atoms with E-state index < -0.39 is 23.2 Å². The number of aromatic nitrogens is 2. The number of aryl methyl sites for hydroxylation is 1. The van der Waals surface area contributed by atoms with Gasteiger partial charge >= 0.3 is 5.97 Å². The molecule has 0 atom stereocenters. The van der Waals surface area contributed by atoms with Gasteiger partial charge in [-0.15, -0.1) is 0 Å². The van der Waals surface area contributed by atoms with Crippen molar-refractivity contribution in [3.63, 3.8) is 0 Å². The van der Waals surface area contributed by atoms with Crippen LogP contribution in [0.2, 0.25) is 0 Å². The topological polar surface area (TPSA) is 84.2 Å². The van der Waals surface area contributed by atoms with E-state index in [9.17, 15) is 19.1 Å². The number of carboxylic acid groups (broad SMARTS) is 1. The third-order valence-corrected chi connectivity index (χ3v) is 4.44. The molecule has 0 unspecified atom stereocenters. The zero-order valence-corrected chi connectivity index (χ0v) is 14.4. The van der Waals surface area contributed by atoms with Crippen LogP contribution in [0.4, 0.5) is 4.39 Å². The van der Waals surface area contributed by atoms with Crippen molar-refractivity contribution in [2.24, 2.45) is 0 Å². The predicted molar refractivity (Wildman–Crippen MR) is 89.5 cm³/mol. The van der Waals surface area contributed by atoms with Gasteiger partial charge in [-0.25, -0.2) is 13.9 Å². The number of hydrogen-bond donors (Lipinski definition) is 2. The smallest absolute Gasteiger partial charge is 0.328 e. The summed E-state index contributed by atoms with van der Waals surface area (Å²) >= 11 is 0. The van der Waals surface area contributed by atoms with Gasteiger partial charge in [0.25, 0.3) is 5.91 Å². The summed E-state index contributed by atoms with van der Waals surface area (Å²) in [5, 5.41) is 16.0. The number of hydrogen-bond acceptors (Lipinski definition) is 3. The molecule has 0 radical (unpaired) electrons. The van der Waals surface area contributed by atoms with Gasteiger partial charge in [0, 0.05) is 11.3 Å². The normalized spacial score (nSPS) is 13.6. The van der Waals surface area contributed by atoms with Gasteiger partial charge in [0.15, 0.2) is 5.69 Å². The van der Waals surface area contributed by atoms with Crippen molar-refractivity contribution in [1.29, 1.82) is 0 Å². The molecule has 0 bridgehead atoms. The highest BCUT2D eigenvalue weighted by Crippen LogP contribution is 2.29. The highest BCUT2D eigenvalue weighted by Gasteiger charge is 2.33. The average Bonchev–Trinajstić information content (AvgIpc) is 3.09. The highest BCUT2D eigenvalue weighted by atomic mass is 19.1. The van der Waals surface area contributed by atoms with Crippen molar-refractivity contribution in [2.75, 3.05) is 0 Å². The van der Waals surface area contributed by atoms with Crippen LogP contribution in [0.3, 0.4) is 0 Å². The molecule has 0 spiro atoms. The molecule has 0 saturated heterocycles. The lowest BCUT2D eigenvalue weighted by Crippen LogP contribution is -2.49. The van der Waals surface area contributed by atoms with E-state index in [1.54, 1.807) is 19.1 Å². The van der Waals surface area contributed by atoms with Crippen LogP contribution in [0.15, 0.2) is 18.2 Å². The quantitative estimate of drug-likeness (QED) is 0.891. The van der Waals surface area contributed by atoms with E-state index in [2.05, 4.69) is 10.4 Å². The van der Waals surface area contributed by atoms with Crippen molar-refractivity contribution < 1.29 is 19.1 Å². The Balaban J connectivity index is 2.03. The maximum Gasteiger partial charge on any atom is 0.328 e. The zero-order valence-electron chi connectivity index (χ0n) is 14.4. The minimum atomic E-state index is -1.42. The van der Waals surface area contributed by atoms with Crippen LogP contribution in [-0.2, 0) is 17.6 Å². The Morgan fingerprint density at radius 3 is 2.68 bits per heavy atom. The molecule has 3 rings (SSSR count). The minimum absolute atomic E-state index is 0.168. The van der Waals surface area contributed by atoms with Crippen molar-refractivity contribution >= 4 is 11.9 Å². The van der Waals surface area contributed by atoms with E-state index in [1.165, 1.54) is 24.6 Å². The number of halogens is 1. The largest absolute Gasteiger partial charge is 0.480 e. The molecule has 1 aliphatic carbocycles. The van der Waals surface area contributed by atoms with Gasteiger partial charge in [0.1, 0.15) is 17.0 Å². The van der Waals surface area contributed by atoms with Crippen molar-refractivity contribution in [3.05, 3.63) is 46.5 Å². The summed E-state index contributed by atoms with van der Waals surface area (Å²) in [6, 6.07) is 4.85. The molecule has 1 heterocycles. The van der Waals surface area contributed by atoms with Gasteiger partial charge in [0.2, 0.25) is 0 Å². The lowest BCUT2D eigenvalue weighted by Gasteiger charge is -2.20. The van der Waals surface area contributed by atoms with Crippen LogP contribution in [0, 0.1) is 12.7 Å². The SMILES string of the molecule is Cc1ccc(-n2nc(C(=O)NC(C)(C)C(=O)O)c3c2CCC3)c(F)c1. The molecule has 2 aromatic rings. The Bertz CT molecular complexity index is 871. The third-order valence-electron chi connectivity index (χ3n) is 4.44. The van der Waals surface area contributed by atoms with Crippen molar-refractivity contribution in [2.45, 2.75) is 45.6 Å². The predicted octanol–water partition coefficient (Wildman–Crippen LogP) is 2.40. The second-order valence-corrected chi connectivity index (χ2v) is 6.88. The molecule has 0 aliphatic heterocycles. The molecule has 6 nitrogen and oxygen atoms in total. The van der Waals surface area contributed by atoms with Crippen LogP contribution in [0.25, 0.3) is 5.69 Å². The molecule has 0 fully saturated rings. The second-order valence-electron chi connectivity index (χ2n) is 6.88. The summed E-state index contributed by atoms with van der Waals surface area (Å²) < 4.78 is 15.8. The first kappa shape index (κ1) is 17.1. The number of aliphatic carboxylic acids is 1. The number of carbonyl (C=O) groups is 2. The Labute approximate surface area is 144 Å². The van der Waals surface area contributed by atoms with Gasteiger partial charge in [-0.1, -0.05) is 6.07 Å². The van der Waals surface area contributed by atoms with Crippen LogP contribution in [0.5, 0.6) is 0 Å². The van der Waals surface area contributed by atoms with Crippen LogP contribution >= 0.6 is 0 Å². The van der Waals surface area contributed by atoms with E-state index in [-0.39, 0.29) is 5.69 Å². The molecule has 2 N–H and O–H groups in total. The fraction of sp³-hybridized carbons (Fsp3) is 0.389. The van der Waals surface area contributed by atoms with Crippen LogP contribution < -0.4 is 5.32 Å². The molecule has 7 heteroatoms. The molecule has 132 valence electrons. The summed E-state index contributed by atoms with van der Waals surface area (Å²) in [5.74, 6) is -2.10. The molecule has 1 aromatic carbocycles. The Morgan fingerprint density at radius 1 is 1.32 bits per heavy atom. The monoisotopic (exact) mass is 345 g/mol. The number of carboxylic acids is 1. The van der Waals surface area contributed by atoms with E-state index in [0.29, 0.717) is 18.5 Å². The summed E-state index contributed by atoms with van der Waals surface area (Å²) in [5.41, 5.74) is 1.41. The van der Waals surface area contributed by atoms with E-state index in [1.807, 2.05) is 0 Å². The number of fused-ring (bicyclic) bond motifs is 1. The third kappa shape index (κ3) is 3.01. The maximum atomic E-state index is 14.4. The Hall–Kier alpha value is -2.70. The number of carbonyl (C=O) groups excluding carboxylic acids is 1. The van der Waals surface area contributed by atoms with Gasteiger partial charge in [-0.05, 0) is 57.7 Å². The van der Waals surface area contributed by atoms with Crippen LogP contribution in [-0.4, -0.2) is 32.3 Å². The Morgan fingerprint density at radius 2 is 2.04 bits per heavy atom. The molecular formula is C18H20FN3O3. The fourth-order valence-electron chi connectivity index (χ4n) is 3.00. The van der Waals surface area contributed by atoms with E-state index in [0.717, 1.165) is 23.2 Å². The molecule has 1 aromatic heterocycles. The number of rotatable bonds is 4. The number of amides is 1. The van der Waals surface area contributed by atoms with Gasteiger partial charge < -0.3 is 10.4 Å². The summed E-state index contributed by atoms with van der Waals surface area (Å²) in [7, 11) is 0. The summed E-state index contributed by atoms with van der Waals surface area (Å²) in [6.07, 6.45) is 2.22. The van der Waals surface area contributed by atoms with E-state index in [4.69, 9.17) is 0 Å². The van der Waals surface area contributed by atoms with Crippen molar-refractivity contribution in [1.82, 2.24) is 15.1 Å². The first-order chi connectivity index (χ1) is 11.7. The van der Waals surface area contributed by atoms with Gasteiger partial charge in [-0.3, -0.25) is 4.79 Å². The first-order valence-electron chi connectivity index (χ1n) is 8.14. The standard InChI is InChI=1S/C18H20FN3O3/c1-10-7-8-14(12(19)9-10)22-13-6-4-5-11(13)15(21-22)16(23)20-18(2,3)17(24)25/h7-9H,4-6H2,1-3H3,(H,20,23)(H,24,25). The zero-order chi connectivity index (χ0) is 18.4. The van der Waals surface area contributed by atoms with Crippen molar-refractivity contribution in [3.8, 4) is 5.69 Å². The van der Waals surface area contributed by atoms with Crippen LogP contribution in [0.1, 0.15) is 47.6 Å². The summed E-state index contributed by atoms with van der Waals surface area (Å²) in [6.45, 7) is 4.61. The fourth-order valence-corrected chi connectivity index (χ4v) is 3.00.